The first kappa shape index (κ1) is 28.1. The summed E-state index contributed by atoms with van der Waals surface area (Å²) in [5.41, 5.74) is 3.52. The second kappa shape index (κ2) is 12.0. The van der Waals surface area contributed by atoms with E-state index in [2.05, 4.69) is 42.3 Å². The maximum Gasteiger partial charge on any atom is 0.320 e. The molecule has 0 amide bonds. The van der Waals surface area contributed by atoms with E-state index in [1.165, 1.54) is 0 Å². The number of aliphatic carboxylic acids is 1. The molecule has 9 heteroatoms. The van der Waals surface area contributed by atoms with Crippen LogP contribution in [-0.2, 0) is 23.4 Å². The van der Waals surface area contributed by atoms with Crippen molar-refractivity contribution in [1.29, 1.82) is 0 Å². The third-order valence-corrected chi connectivity index (χ3v) is 8.41. The zero-order valence-electron chi connectivity index (χ0n) is 22.7. The number of aliphatic hydroxyl groups is 1. The van der Waals surface area contributed by atoms with E-state index in [1.807, 2.05) is 47.4 Å². The summed E-state index contributed by atoms with van der Waals surface area (Å²) in [4.78, 5) is 13.7. The molecule has 1 aromatic heterocycles. The fourth-order valence-corrected chi connectivity index (χ4v) is 6.02. The molecule has 3 atom stereocenters. The van der Waals surface area contributed by atoms with Crippen LogP contribution in [0.15, 0.2) is 65.1 Å². The number of aliphatic hydroxyl groups excluding tert-OH is 1. The van der Waals surface area contributed by atoms with Gasteiger partial charge in [0.05, 0.1) is 5.02 Å². The van der Waals surface area contributed by atoms with Crippen molar-refractivity contribution in [3.63, 3.8) is 0 Å². The van der Waals surface area contributed by atoms with Crippen molar-refractivity contribution in [2.45, 2.75) is 57.7 Å². The van der Waals surface area contributed by atoms with Gasteiger partial charge in [0.2, 0.25) is 11.8 Å². The Morgan fingerprint density at radius 1 is 1.23 bits per heavy atom. The summed E-state index contributed by atoms with van der Waals surface area (Å²) in [6, 6.07) is 13.3. The van der Waals surface area contributed by atoms with E-state index < -0.39 is 17.4 Å². The molecule has 40 heavy (non-hydrogen) atoms. The van der Waals surface area contributed by atoms with Gasteiger partial charge in [-0.15, -0.1) is 10.2 Å². The first-order valence-electron chi connectivity index (χ1n) is 13.6. The number of allylic oxidation sites excluding steroid dienone is 3. The molecule has 1 aliphatic heterocycles. The number of carboxylic acid groups (broad SMARTS) is 1. The molecular formula is C31H34ClN3O5. The van der Waals surface area contributed by atoms with E-state index in [-0.39, 0.29) is 25.0 Å². The Bertz CT molecular complexity index is 1430. The fraction of sp³-hybridized carbons (Fsp3) is 0.387. The number of hydrogen-bond donors (Lipinski definition) is 2. The summed E-state index contributed by atoms with van der Waals surface area (Å²) in [7, 11) is 0. The van der Waals surface area contributed by atoms with Crippen molar-refractivity contribution < 1.29 is 24.2 Å². The molecule has 2 aromatic carbocycles. The van der Waals surface area contributed by atoms with Crippen LogP contribution >= 0.6 is 11.6 Å². The van der Waals surface area contributed by atoms with E-state index in [4.69, 9.17) is 20.8 Å². The van der Waals surface area contributed by atoms with Crippen LogP contribution in [0.3, 0.4) is 0 Å². The van der Waals surface area contributed by atoms with Crippen LogP contribution in [-0.4, -0.2) is 50.5 Å². The third-order valence-electron chi connectivity index (χ3n) is 8.11. The Kier molecular flexibility index (Phi) is 8.40. The predicted octanol–water partition coefficient (Wildman–Crippen LogP) is 5.57. The van der Waals surface area contributed by atoms with Gasteiger partial charge < -0.3 is 19.4 Å². The van der Waals surface area contributed by atoms with E-state index in [0.29, 0.717) is 29.6 Å². The SMILES string of the molecule is Cc1ccccc1C1=CC=CC(COc2ccc(CN3CCCC[C@H]3C(=O)O)cc2Cl)(c2nnc(CO)o2)C1C. The van der Waals surface area contributed by atoms with E-state index in [9.17, 15) is 15.0 Å². The summed E-state index contributed by atoms with van der Waals surface area (Å²) < 4.78 is 12.3. The van der Waals surface area contributed by atoms with Gasteiger partial charge in [-0.2, -0.15) is 0 Å². The summed E-state index contributed by atoms with van der Waals surface area (Å²) in [6.07, 6.45) is 8.66. The number of ether oxygens (including phenoxy) is 1. The second-order valence-corrected chi connectivity index (χ2v) is 11.0. The Morgan fingerprint density at radius 2 is 2.05 bits per heavy atom. The Balaban J connectivity index is 1.40. The highest BCUT2D eigenvalue weighted by Gasteiger charge is 2.45. The number of piperidine rings is 1. The average Bonchev–Trinajstić information content (AvgIpc) is 3.44. The number of rotatable bonds is 9. The molecule has 210 valence electrons. The average molecular weight is 564 g/mol. The van der Waals surface area contributed by atoms with Crippen molar-refractivity contribution in [3.05, 3.63) is 94.2 Å². The molecule has 2 N–H and O–H groups in total. The Morgan fingerprint density at radius 3 is 2.77 bits per heavy atom. The van der Waals surface area contributed by atoms with Crippen LogP contribution < -0.4 is 4.74 Å². The Hall–Kier alpha value is -3.46. The second-order valence-electron chi connectivity index (χ2n) is 10.6. The quantitative estimate of drug-likeness (QED) is 0.348. The first-order valence-corrected chi connectivity index (χ1v) is 14.0. The van der Waals surface area contributed by atoms with E-state index >= 15 is 0 Å². The fourth-order valence-electron chi connectivity index (χ4n) is 5.76. The van der Waals surface area contributed by atoms with Gasteiger partial charge in [-0.05, 0) is 60.7 Å². The van der Waals surface area contributed by atoms with Gasteiger partial charge in [0.1, 0.15) is 30.4 Å². The number of aromatic nitrogens is 2. The zero-order valence-corrected chi connectivity index (χ0v) is 23.5. The monoisotopic (exact) mass is 563 g/mol. The lowest BCUT2D eigenvalue weighted by Crippen LogP contribution is -2.44. The van der Waals surface area contributed by atoms with Crippen molar-refractivity contribution in [2.24, 2.45) is 5.92 Å². The standard InChI is InChI=1S/C31H34ClN3O5/c1-20-8-3-4-9-23(20)24-10-7-14-31(21(24)2,30-34-33-28(18-36)40-30)19-39-27-13-12-22(16-25(27)32)17-35-15-6-5-11-26(35)29(37)38/h3-4,7-10,12-14,16,21,26,36H,5-6,11,15,17-19H2,1-2H3,(H,37,38)/t21?,26-,31?/m0/s1. The molecule has 0 radical (unpaired) electrons. The highest BCUT2D eigenvalue weighted by atomic mass is 35.5. The van der Waals surface area contributed by atoms with Gasteiger partial charge in [0.25, 0.3) is 0 Å². The Labute approximate surface area is 238 Å². The molecular weight excluding hydrogens is 530 g/mol. The maximum atomic E-state index is 11.7. The maximum absolute atomic E-state index is 11.7. The van der Waals surface area contributed by atoms with Gasteiger partial charge in [0, 0.05) is 12.5 Å². The van der Waals surface area contributed by atoms with Crippen LogP contribution in [0, 0.1) is 12.8 Å². The lowest BCUT2D eigenvalue weighted by Gasteiger charge is -2.37. The van der Waals surface area contributed by atoms with Crippen LogP contribution in [0.5, 0.6) is 5.75 Å². The minimum atomic E-state index is -0.808. The van der Waals surface area contributed by atoms with Crippen LogP contribution in [0.1, 0.15) is 54.7 Å². The smallest absolute Gasteiger partial charge is 0.320 e. The number of nitrogens with zero attached hydrogens (tertiary/aromatic N) is 3. The minimum Gasteiger partial charge on any atom is -0.491 e. The van der Waals surface area contributed by atoms with E-state index in [0.717, 1.165) is 41.6 Å². The number of aryl methyl sites for hydroxylation is 1. The lowest BCUT2D eigenvalue weighted by atomic mass is 9.68. The van der Waals surface area contributed by atoms with Crippen LogP contribution in [0.2, 0.25) is 5.02 Å². The number of carbonyl (C=O) groups is 1. The molecule has 8 nitrogen and oxygen atoms in total. The van der Waals surface area contributed by atoms with Gasteiger partial charge in [-0.3, -0.25) is 9.69 Å². The minimum absolute atomic E-state index is 0.101. The molecule has 2 aliphatic rings. The van der Waals surface area contributed by atoms with Crippen LogP contribution in [0.4, 0.5) is 0 Å². The summed E-state index contributed by atoms with van der Waals surface area (Å²) in [5.74, 6) is 0.123. The normalized spacial score (nSPS) is 23.1. The molecule has 2 unspecified atom stereocenters. The van der Waals surface area contributed by atoms with Gasteiger partial charge in [-0.25, -0.2) is 0 Å². The number of halogens is 1. The highest BCUT2D eigenvalue weighted by Crippen LogP contribution is 2.45. The number of benzene rings is 2. The molecule has 1 saturated heterocycles. The molecule has 0 spiro atoms. The number of carboxylic acids is 1. The van der Waals surface area contributed by atoms with Gasteiger partial charge in [-0.1, -0.05) is 73.5 Å². The van der Waals surface area contributed by atoms with Crippen LogP contribution in [0.25, 0.3) is 5.57 Å². The topological polar surface area (TPSA) is 109 Å². The van der Waals surface area contributed by atoms with Crippen molar-refractivity contribution >= 4 is 23.1 Å². The summed E-state index contributed by atoms with van der Waals surface area (Å²) in [6.45, 7) is 5.27. The molecule has 1 fully saturated rings. The van der Waals surface area contributed by atoms with Crippen molar-refractivity contribution in [2.75, 3.05) is 13.2 Å². The lowest BCUT2D eigenvalue weighted by molar-refractivity contribution is -0.144. The zero-order chi connectivity index (χ0) is 28.3. The number of hydrogen-bond acceptors (Lipinski definition) is 7. The largest absolute Gasteiger partial charge is 0.491 e. The van der Waals surface area contributed by atoms with Crippen molar-refractivity contribution in [3.8, 4) is 5.75 Å². The molecule has 1 aliphatic carbocycles. The van der Waals surface area contributed by atoms with Crippen molar-refractivity contribution in [1.82, 2.24) is 15.1 Å². The third kappa shape index (κ3) is 5.57. The summed E-state index contributed by atoms with van der Waals surface area (Å²) in [5, 5.41) is 28.0. The highest BCUT2D eigenvalue weighted by molar-refractivity contribution is 6.32. The molecule has 3 aromatic rings. The predicted molar refractivity (Wildman–Crippen MR) is 152 cm³/mol. The van der Waals surface area contributed by atoms with Gasteiger partial charge in [0.15, 0.2) is 0 Å². The first-order chi connectivity index (χ1) is 19.3. The molecule has 2 heterocycles. The van der Waals surface area contributed by atoms with E-state index in [1.54, 1.807) is 0 Å². The molecule has 0 bridgehead atoms. The summed E-state index contributed by atoms with van der Waals surface area (Å²) >= 11 is 6.69. The molecule has 0 saturated carbocycles. The number of likely N-dealkylation sites (tertiary alicyclic amines) is 1. The van der Waals surface area contributed by atoms with Gasteiger partial charge >= 0.3 is 5.97 Å². The molecule has 5 rings (SSSR count).